The van der Waals surface area contributed by atoms with Crippen LogP contribution in [0, 0.1) is 5.92 Å². The first-order valence-electron chi connectivity index (χ1n) is 13.7. The van der Waals surface area contributed by atoms with Crippen LogP contribution in [0.4, 0.5) is 14.5 Å². The molecule has 1 N–H and O–H groups in total. The van der Waals surface area contributed by atoms with Crippen molar-refractivity contribution in [1.82, 2.24) is 39.5 Å². The van der Waals surface area contributed by atoms with E-state index in [-0.39, 0.29) is 22.8 Å². The van der Waals surface area contributed by atoms with Gasteiger partial charge in [0.2, 0.25) is 5.91 Å². The Balaban J connectivity index is 1.50. The third-order valence-corrected chi connectivity index (χ3v) is 7.88. The minimum absolute atomic E-state index is 0.0416. The van der Waals surface area contributed by atoms with Gasteiger partial charge < -0.3 is 14.6 Å². The first-order valence-corrected chi connectivity index (χ1v) is 14.1. The van der Waals surface area contributed by atoms with Crippen LogP contribution < -0.4 is 15.6 Å². The summed E-state index contributed by atoms with van der Waals surface area (Å²) in [5.74, 6) is -0.367. The van der Waals surface area contributed by atoms with Crippen molar-refractivity contribution in [3.63, 3.8) is 0 Å². The second-order valence-corrected chi connectivity index (χ2v) is 10.8. The molecule has 12 nitrogen and oxygen atoms in total. The van der Waals surface area contributed by atoms with Crippen molar-refractivity contribution in [2.75, 3.05) is 12.4 Å². The van der Waals surface area contributed by atoms with Crippen LogP contribution in [-0.2, 0) is 4.79 Å². The highest BCUT2D eigenvalue weighted by molar-refractivity contribution is 6.31. The average Bonchev–Trinajstić information content (AvgIpc) is 3.70. The smallest absolute Gasteiger partial charge is 0.333 e. The van der Waals surface area contributed by atoms with Crippen LogP contribution in [-0.4, -0.2) is 52.6 Å². The first kappa shape index (κ1) is 29.1. The zero-order valence-corrected chi connectivity index (χ0v) is 24.3. The van der Waals surface area contributed by atoms with Crippen LogP contribution in [0.1, 0.15) is 44.5 Å². The third-order valence-electron chi connectivity index (χ3n) is 7.64. The Morgan fingerprint density at radius 1 is 1.11 bits per heavy atom. The van der Waals surface area contributed by atoms with Gasteiger partial charge in [-0.15, -0.1) is 5.10 Å². The number of pyridine rings is 2. The standard InChI is InChI=1S/C29H26ClF2N9O3/c1-16-4-3-5-24(21-10-17(8-9-33-21)27-22(36-28(16)43)13-35-41(27)29(31)32)39-14-25(44-2)20(12-26(39)42)19-11-18(30)6-7-23(19)40-15-34-37-38-40/h6-16,24,29H,3-5H2,1-2H3,(H,36,43). The Labute approximate surface area is 254 Å². The van der Waals surface area contributed by atoms with Crippen molar-refractivity contribution >= 4 is 23.2 Å². The summed E-state index contributed by atoms with van der Waals surface area (Å²) in [6.07, 6.45) is 7.22. The molecule has 1 amide bonds. The van der Waals surface area contributed by atoms with Gasteiger partial charge in [0.15, 0.2) is 0 Å². The molecule has 226 valence electrons. The summed E-state index contributed by atoms with van der Waals surface area (Å²) in [7, 11) is 1.49. The SMILES string of the molecule is COc1cn(C2CCCC(C)C(=O)Nc3cnn(C(F)F)c3-c3ccnc2c3)c(=O)cc1-c1cc(Cl)ccc1-n1cnnn1. The average molecular weight is 622 g/mol. The number of carbonyl (C=O) groups excluding carboxylic acids is 1. The number of benzene rings is 1. The second-order valence-electron chi connectivity index (χ2n) is 10.4. The molecular formula is C29H26ClF2N9O3. The van der Waals surface area contributed by atoms with E-state index >= 15 is 0 Å². The molecule has 0 saturated carbocycles. The number of amides is 1. The number of rotatable bonds is 5. The molecule has 2 unspecified atom stereocenters. The Morgan fingerprint density at radius 3 is 2.70 bits per heavy atom. The number of fused-ring (bicyclic) bond motifs is 4. The van der Waals surface area contributed by atoms with Crippen LogP contribution in [0.2, 0.25) is 5.02 Å². The summed E-state index contributed by atoms with van der Waals surface area (Å²) in [4.78, 5) is 31.4. The number of methoxy groups -OCH3 is 1. The van der Waals surface area contributed by atoms with E-state index in [1.807, 2.05) is 0 Å². The number of aromatic nitrogens is 8. The fourth-order valence-corrected chi connectivity index (χ4v) is 5.61. The molecule has 1 aliphatic heterocycles. The Kier molecular flexibility index (Phi) is 7.91. The summed E-state index contributed by atoms with van der Waals surface area (Å²) in [5, 5.41) is 18.4. The number of anilines is 1. The van der Waals surface area contributed by atoms with E-state index < -0.39 is 18.5 Å². The number of ether oxygens (including phenoxy) is 1. The highest BCUT2D eigenvalue weighted by Crippen LogP contribution is 2.38. The fourth-order valence-electron chi connectivity index (χ4n) is 5.44. The number of tetrazole rings is 1. The van der Waals surface area contributed by atoms with E-state index in [9.17, 15) is 18.4 Å². The number of alkyl halides is 2. The summed E-state index contributed by atoms with van der Waals surface area (Å²) in [5.41, 5.74) is 2.29. The van der Waals surface area contributed by atoms with Gasteiger partial charge >= 0.3 is 6.55 Å². The lowest BCUT2D eigenvalue weighted by Crippen LogP contribution is -2.27. The fraction of sp³-hybridized carbons (Fsp3) is 0.276. The molecule has 5 aromatic rings. The molecule has 2 atom stereocenters. The lowest BCUT2D eigenvalue weighted by molar-refractivity contribution is -0.119. The molecule has 2 bridgehead atoms. The Bertz CT molecular complexity index is 1890. The molecule has 6 rings (SSSR count). The normalized spacial score (nSPS) is 17.0. The highest BCUT2D eigenvalue weighted by Gasteiger charge is 2.27. The van der Waals surface area contributed by atoms with Gasteiger partial charge in [0.05, 0.1) is 48.3 Å². The lowest BCUT2D eigenvalue weighted by atomic mass is 9.96. The van der Waals surface area contributed by atoms with Crippen LogP contribution >= 0.6 is 11.6 Å². The van der Waals surface area contributed by atoms with Crippen molar-refractivity contribution < 1.29 is 18.3 Å². The minimum atomic E-state index is -2.95. The maximum atomic E-state index is 14.0. The second kappa shape index (κ2) is 12.0. The van der Waals surface area contributed by atoms with E-state index in [0.29, 0.717) is 62.8 Å². The van der Waals surface area contributed by atoms with Crippen molar-refractivity contribution in [3.05, 3.63) is 82.4 Å². The summed E-state index contributed by atoms with van der Waals surface area (Å²) in [6, 6.07) is 9.15. The number of carbonyl (C=O) groups is 1. The lowest BCUT2D eigenvalue weighted by Gasteiger charge is -2.24. The monoisotopic (exact) mass is 621 g/mol. The maximum absolute atomic E-state index is 14.0. The van der Waals surface area contributed by atoms with E-state index in [1.165, 1.54) is 41.1 Å². The first-order chi connectivity index (χ1) is 21.2. The number of nitrogens with one attached hydrogen (secondary N) is 1. The number of hydrogen-bond donors (Lipinski definition) is 1. The van der Waals surface area contributed by atoms with Gasteiger partial charge in [0, 0.05) is 39.9 Å². The topological polar surface area (TPSA) is 135 Å². The highest BCUT2D eigenvalue weighted by atomic mass is 35.5. The van der Waals surface area contributed by atoms with Crippen LogP contribution in [0.15, 0.2) is 66.1 Å². The predicted molar refractivity (Wildman–Crippen MR) is 157 cm³/mol. The number of hydrogen-bond acceptors (Lipinski definition) is 8. The molecule has 1 aliphatic rings. The van der Waals surface area contributed by atoms with Gasteiger partial charge in [-0.1, -0.05) is 24.9 Å². The predicted octanol–water partition coefficient (Wildman–Crippen LogP) is 5.15. The molecule has 0 radical (unpaired) electrons. The molecule has 0 spiro atoms. The van der Waals surface area contributed by atoms with Gasteiger partial charge in [-0.2, -0.15) is 18.6 Å². The van der Waals surface area contributed by atoms with Gasteiger partial charge in [-0.25, -0.2) is 4.68 Å². The summed E-state index contributed by atoms with van der Waals surface area (Å²) < 4.78 is 37.2. The van der Waals surface area contributed by atoms with Gasteiger partial charge in [-0.3, -0.25) is 14.6 Å². The maximum Gasteiger partial charge on any atom is 0.333 e. The molecule has 1 aromatic carbocycles. The largest absolute Gasteiger partial charge is 0.495 e. The molecule has 44 heavy (non-hydrogen) atoms. The van der Waals surface area contributed by atoms with E-state index in [0.717, 1.165) is 0 Å². The molecule has 0 fully saturated rings. The van der Waals surface area contributed by atoms with Crippen LogP contribution in [0.3, 0.4) is 0 Å². The zero-order chi connectivity index (χ0) is 31.0. The van der Waals surface area contributed by atoms with Gasteiger partial charge in [0.25, 0.3) is 5.56 Å². The summed E-state index contributed by atoms with van der Waals surface area (Å²) >= 11 is 6.35. The summed E-state index contributed by atoms with van der Waals surface area (Å²) in [6.45, 7) is -1.18. The van der Waals surface area contributed by atoms with E-state index in [4.69, 9.17) is 16.3 Å². The Morgan fingerprint density at radius 2 is 1.95 bits per heavy atom. The van der Waals surface area contributed by atoms with Crippen LogP contribution in [0.5, 0.6) is 5.75 Å². The molecule has 4 aromatic heterocycles. The van der Waals surface area contributed by atoms with Crippen LogP contribution in [0.25, 0.3) is 28.1 Å². The van der Waals surface area contributed by atoms with E-state index in [2.05, 4.69) is 30.9 Å². The zero-order valence-electron chi connectivity index (χ0n) is 23.6. The van der Waals surface area contributed by atoms with Crippen molar-refractivity contribution in [3.8, 4) is 33.8 Å². The quantitative estimate of drug-likeness (QED) is 0.285. The Hall–Kier alpha value is -4.98. The van der Waals surface area contributed by atoms with Crippen molar-refractivity contribution in [2.45, 2.75) is 38.8 Å². The van der Waals surface area contributed by atoms with Gasteiger partial charge in [0.1, 0.15) is 12.1 Å². The molecule has 0 aliphatic carbocycles. The molecule has 5 heterocycles. The third kappa shape index (κ3) is 5.43. The molecule has 15 heteroatoms. The van der Waals surface area contributed by atoms with Crippen molar-refractivity contribution in [2.24, 2.45) is 5.92 Å². The molecule has 0 saturated heterocycles. The molecular weight excluding hydrogens is 596 g/mol. The van der Waals surface area contributed by atoms with Gasteiger partial charge in [-0.05, 0) is 53.6 Å². The minimum Gasteiger partial charge on any atom is -0.495 e. The number of nitrogens with zero attached hydrogens (tertiary/aromatic N) is 8. The van der Waals surface area contributed by atoms with Crippen molar-refractivity contribution in [1.29, 1.82) is 0 Å². The van der Waals surface area contributed by atoms with E-state index in [1.54, 1.807) is 43.5 Å². The number of halogens is 3.